The van der Waals surface area contributed by atoms with E-state index in [0.29, 0.717) is 11.5 Å². The first-order valence-corrected chi connectivity index (χ1v) is 5.87. The summed E-state index contributed by atoms with van der Waals surface area (Å²) in [4.78, 5) is 22.2. The minimum atomic E-state index is -1.05. The maximum absolute atomic E-state index is 11.4. The molecule has 17 heavy (non-hydrogen) atoms. The lowest BCUT2D eigenvalue weighted by Crippen LogP contribution is -2.29. The summed E-state index contributed by atoms with van der Waals surface area (Å²) < 4.78 is 0. The maximum atomic E-state index is 11.4. The van der Waals surface area contributed by atoms with E-state index in [0.717, 1.165) is 5.57 Å². The molecular formula is C11H14N2O3S. The number of hydrogen-bond acceptors (Lipinski definition) is 3. The second-order valence-corrected chi connectivity index (χ2v) is 4.50. The van der Waals surface area contributed by atoms with Crippen LogP contribution in [0.15, 0.2) is 23.1 Å². The van der Waals surface area contributed by atoms with Gasteiger partial charge in [-0.3, -0.25) is 5.32 Å². The van der Waals surface area contributed by atoms with Crippen LogP contribution < -0.4 is 10.6 Å². The number of carboxylic acids is 1. The van der Waals surface area contributed by atoms with Crippen molar-refractivity contribution >= 4 is 28.3 Å². The molecule has 0 saturated carbocycles. The van der Waals surface area contributed by atoms with E-state index in [1.54, 1.807) is 5.38 Å². The molecule has 0 bridgehead atoms. The highest BCUT2D eigenvalue weighted by Crippen LogP contribution is 2.22. The number of carbonyl (C=O) groups is 2. The smallest absolute Gasteiger partial charge is 0.338 e. The fourth-order valence-electron chi connectivity index (χ4n) is 1.07. The molecular weight excluding hydrogens is 240 g/mol. The number of anilines is 1. The minimum Gasteiger partial charge on any atom is -0.478 e. The summed E-state index contributed by atoms with van der Waals surface area (Å²) >= 11 is 1.18. The standard InChI is InChI=1S/C11H14N2O3S/c1-7(2)3-5-12-11(16)13-9-8(10(14)15)4-6-17-9/h3-4,6H,5H2,1-2H3,(H,14,15)(H2,12,13,16). The van der Waals surface area contributed by atoms with Gasteiger partial charge in [0, 0.05) is 6.54 Å². The minimum absolute atomic E-state index is 0.104. The molecule has 6 heteroatoms. The second kappa shape index (κ2) is 6.05. The maximum Gasteiger partial charge on any atom is 0.338 e. The summed E-state index contributed by atoms with van der Waals surface area (Å²) in [5.41, 5.74) is 1.21. The normalized spacial score (nSPS) is 9.53. The summed E-state index contributed by atoms with van der Waals surface area (Å²) in [6, 6.07) is 1.05. The van der Waals surface area contributed by atoms with Crippen molar-refractivity contribution in [2.45, 2.75) is 13.8 Å². The first-order valence-electron chi connectivity index (χ1n) is 4.99. The molecule has 0 saturated heterocycles. The van der Waals surface area contributed by atoms with Crippen LogP contribution in [0.3, 0.4) is 0 Å². The molecule has 2 amide bonds. The first-order chi connectivity index (χ1) is 8.00. The number of rotatable bonds is 4. The average molecular weight is 254 g/mol. The van der Waals surface area contributed by atoms with Gasteiger partial charge in [0.05, 0.1) is 5.56 Å². The molecule has 1 aromatic rings. The van der Waals surface area contributed by atoms with Gasteiger partial charge in [-0.2, -0.15) is 0 Å². The lowest BCUT2D eigenvalue weighted by molar-refractivity contribution is 0.0698. The molecule has 0 fully saturated rings. The van der Waals surface area contributed by atoms with Crippen molar-refractivity contribution in [3.63, 3.8) is 0 Å². The van der Waals surface area contributed by atoms with Gasteiger partial charge in [0.15, 0.2) is 0 Å². The van der Waals surface area contributed by atoms with E-state index in [4.69, 9.17) is 5.11 Å². The number of carboxylic acid groups (broad SMARTS) is 1. The van der Waals surface area contributed by atoms with Gasteiger partial charge in [0.25, 0.3) is 0 Å². The van der Waals surface area contributed by atoms with Gasteiger partial charge < -0.3 is 10.4 Å². The molecule has 1 aromatic heterocycles. The van der Waals surface area contributed by atoms with E-state index < -0.39 is 12.0 Å². The molecule has 5 nitrogen and oxygen atoms in total. The van der Waals surface area contributed by atoms with Gasteiger partial charge in [0.1, 0.15) is 5.00 Å². The van der Waals surface area contributed by atoms with E-state index in [9.17, 15) is 9.59 Å². The quantitative estimate of drug-likeness (QED) is 0.722. The fraction of sp³-hybridized carbons (Fsp3) is 0.273. The van der Waals surface area contributed by atoms with E-state index in [1.807, 2.05) is 19.9 Å². The third-order valence-electron chi connectivity index (χ3n) is 1.90. The Bertz CT molecular complexity index is 447. The van der Waals surface area contributed by atoms with Crippen LogP contribution in [0.1, 0.15) is 24.2 Å². The highest BCUT2D eigenvalue weighted by molar-refractivity contribution is 7.14. The van der Waals surface area contributed by atoms with E-state index in [-0.39, 0.29) is 5.56 Å². The molecule has 92 valence electrons. The second-order valence-electron chi connectivity index (χ2n) is 3.59. The number of carbonyl (C=O) groups excluding carboxylic acids is 1. The van der Waals surface area contributed by atoms with E-state index in [2.05, 4.69) is 10.6 Å². The Morgan fingerprint density at radius 2 is 2.18 bits per heavy atom. The summed E-state index contributed by atoms with van der Waals surface area (Å²) in [6.45, 7) is 4.28. The predicted molar refractivity (Wildman–Crippen MR) is 67.7 cm³/mol. The van der Waals surface area contributed by atoms with Crippen LogP contribution in [0, 0.1) is 0 Å². The van der Waals surface area contributed by atoms with Crippen molar-refractivity contribution < 1.29 is 14.7 Å². The number of thiophene rings is 1. The van der Waals surface area contributed by atoms with Gasteiger partial charge in [-0.05, 0) is 25.3 Å². The Labute approximate surface area is 103 Å². The zero-order chi connectivity index (χ0) is 12.8. The van der Waals surface area contributed by atoms with Crippen LogP contribution in [-0.4, -0.2) is 23.7 Å². The molecule has 0 aromatic carbocycles. The largest absolute Gasteiger partial charge is 0.478 e. The van der Waals surface area contributed by atoms with Crippen molar-refractivity contribution in [2.24, 2.45) is 0 Å². The Balaban J connectivity index is 2.53. The van der Waals surface area contributed by atoms with Crippen molar-refractivity contribution in [2.75, 3.05) is 11.9 Å². The third-order valence-corrected chi connectivity index (χ3v) is 2.73. The van der Waals surface area contributed by atoms with E-state index >= 15 is 0 Å². The third kappa shape index (κ3) is 4.28. The predicted octanol–water partition coefficient (Wildman–Crippen LogP) is 2.53. The highest BCUT2D eigenvalue weighted by Gasteiger charge is 2.13. The topological polar surface area (TPSA) is 78.4 Å². The van der Waals surface area contributed by atoms with Crippen molar-refractivity contribution in [3.8, 4) is 0 Å². The molecule has 0 aliphatic carbocycles. The van der Waals surface area contributed by atoms with Gasteiger partial charge >= 0.3 is 12.0 Å². The van der Waals surface area contributed by atoms with Gasteiger partial charge in [-0.25, -0.2) is 9.59 Å². The summed E-state index contributed by atoms with van der Waals surface area (Å²) in [7, 11) is 0. The molecule has 0 unspecified atom stereocenters. The Kier molecular flexibility index (Phi) is 4.71. The summed E-state index contributed by atoms with van der Waals surface area (Å²) in [6.07, 6.45) is 1.87. The van der Waals surface area contributed by atoms with Crippen LogP contribution in [0.25, 0.3) is 0 Å². The Morgan fingerprint density at radius 1 is 1.47 bits per heavy atom. The number of nitrogens with one attached hydrogen (secondary N) is 2. The van der Waals surface area contributed by atoms with Gasteiger partial charge in [-0.15, -0.1) is 11.3 Å². The van der Waals surface area contributed by atoms with Crippen LogP contribution in [0.4, 0.5) is 9.80 Å². The van der Waals surface area contributed by atoms with Gasteiger partial charge in [0.2, 0.25) is 0 Å². The van der Waals surface area contributed by atoms with Crippen LogP contribution in [0.2, 0.25) is 0 Å². The lowest BCUT2D eigenvalue weighted by atomic mass is 10.3. The van der Waals surface area contributed by atoms with Crippen molar-refractivity contribution in [1.29, 1.82) is 0 Å². The molecule has 3 N–H and O–H groups in total. The first kappa shape index (κ1) is 13.2. The SMILES string of the molecule is CC(C)=CCNC(=O)Nc1sccc1C(=O)O. The zero-order valence-electron chi connectivity index (χ0n) is 9.61. The Morgan fingerprint density at radius 3 is 2.76 bits per heavy atom. The van der Waals surface area contributed by atoms with Crippen molar-refractivity contribution in [1.82, 2.24) is 5.32 Å². The number of urea groups is 1. The molecule has 1 heterocycles. The highest BCUT2D eigenvalue weighted by atomic mass is 32.1. The molecule has 0 aliphatic rings. The molecule has 0 radical (unpaired) electrons. The lowest BCUT2D eigenvalue weighted by Gasteiger charge is -2.04. The molecule has 0 spiro atoms. The number of aromatic carboxylic acids is 1. The molecule has 0 aliphatic heterocycles. The van der Waals surface area contributed by atoms with Crippen LogP contribution >= 0.6 is 11.3 Å². The van der Waals surface area contributed by atoms with Crippen molar-refractivity contribution in [3.05, 3.63) is 28.7 Å². The number of hydrogen-bond donors (Lipinski definition) is 3. The fourth-order valence-corrected chi connectivity index (χ4v) is 1.84. The average Bonchev–Trinajstić information content (AvgIpc) is 2.65. The molecule has 0 atom stereocenters. The van der Waals surface area contributed by atoms with Gasteiger partial charge in [-0.1, -0.05) is 11.6 Å². The zero-order valence-corrected chi connectivity index (χ0v) is 10.4. The summed E-state index contributed by atoms with van der Waals surface area (Å²) in [5, 5.41) is 15.9. The Hall–Kier alpha value is -1.82. The monoisotopic (exact) mass is 254 g/mol. The number of allylic oxidation sites excluding steroid dienone is 1. The van der Waals surface area contributed by atoms with E-state index in [1.165, 1.54) is 17.4 Å². The molecule has 1 rings (SSSR count). The number of amides is 2. The summed E-state index contributed by atoms with van der Waals surface area (Å²) in [5.74, 6) is -1.05. The van der Waals surface area contributed by atoms with Crippen LogP contribution in [-0.2, 0) is 0 Å². The van der Waals surface area contributed by atoms with Crippen LogP contribution in [0.5, 0.6) is 0 Å².